The van der Waals surface area contributed by atoms with Gasteiger partial charge < -0.3 is 19.3 Å². The SMILES string of the molecule is COC(OC)C(O)C1CCOC2(CCSC2)C1. The zero-order chi connectivity index (χ0) is 12.3. The third kappa shape index (κ3) is 2.96. The molecule has 2 heterocycles. The molecule has 5 heteroatoms. The van der Waals surface area contributed by atoms with Gasteiger partial charge >= 0.3 is 0 Å². The molecule has 0 radical (unpaired) electrons. The van der Waals surface area contributed by atoms with Crippen LogP contribution < -0.4 is 0 Å². The molecule has 2 aliphatic heterocycles. The van der Waals surface area contributed by atoms with Crippen LogP contribution in [-0.4, -0.2) is 55.4 Å². The van der Waals surface area contributed by atoms with Crippen LogP contribution in [0.25, 0.3) is 0 Å². The lowest BCUT2D eigenvalue weighted by molar-refractivity contribution is -0.197. The molecule has 17 heavy (non-hydrogen) atoms. The third-order valence-corrected chi connectivity index (χ3v) is 5.05. The molecule has 2 saturated heterocycles. The van der Waals surface area contributed by atoms with E-state index in [1.165, 1.54) is 5.75 Å². The molecule has 1 N–H and O–H groups in total. The Morgan fingerprint density at radius 3 is 2.76 bits per heavy atom. The summed E-state index contributed by atoms with van der Waals surface area (Å²) in [6.45, 7) is 0.739. The van der Waals surface area contributed by atoms with Crippen LogP contribution in [0, 0.1) is 5.92 Å². The van der Waals surface area contributed by atoms with Crippen LogP contribution in [0.15, 0.2) is 0 Å². The maximum Gasteiger partial charge on any atom is 0.182 e. The zero-order valence-electron chi connectivity index (χ0n) is 10.6. The number of rotatable bonds is 4. The Hall–Kier alpha value is 0.190. The van der Waals surface area contributed by atoms with E-state index in [1.807, 2.05) is 11.8 Å². The molecule has 100 valence electrons. The molecule has 0 aliphatic carbocycles. The fraction of sp³-hybridized carbons (Fsp3) is 1.00. The van der Waals surface area contributed by atoms with E-state index in [1.54, 1.807) is 14.2 Å². The molecule has 0 aromatic heterocycles. The summed E-state index contributed by atoms with van der Waals surface area (Å²) in [6, 6.07) is 0. The van der Waals surface area contributed by atoms with Crippen molar-refractivity contribution >= 4 is 11.8 Å². The molecule has 0 aromatic carbocycles. The fourth-order valence-electron chi connectivity index (χ4n) is 2.82. The largest absolute Gasteiger partial charge is 0.388 e. The molecular formula is C12H22O4S. The second-order valence-electron chi connectivity index (χ2n) is 4.92. The van der Waals surface area contributed by atoms with Gasteiger partial charge in [0.25, 0.3) is 0 Å². The Kier molecular flexibility index (Phi) is 4.72. The van der Waals surface area contributed by atoms with Crippen molar-refractivity contribution in [2.45, 2.75) is 37.3 Å². The van der Waals surface area contributed by atoms with Gasteiger partial charge in [-0.25, -0.2) is 0 Å². The minimum absolute atomic E-state index is 0.000591. The topological polar surface area (TPSA) is 47.9 Å². The van der Waals surface area contributed by atoms with E-state index in [2.05, 4.69) is 0 Å². The van der Waals surface area contributed by atoms with Gasteiger partial charge in [0.05, 0.1) is 5.60 Å². The normalized spacial score (nSPS) is 35.6. The monoisotopic (exact) mass is 262 g/mol. The molecule has 0 saturated carbocycles. The lowest BCUT2D eigenvalue weighted by Crippen LogP contribution is -2.46. The van der Waals surface area contributed by atoms with E-state index in [-0.39, 0.29) is 11.5 Å². The van der Waals surface area contributed by atoms with Gasteiger partial charge in [-0.15, -0.1) is 0 Å². The average molecular weight is 262 g/mol. The summed E-state index contributed by atoms with van der Waals surface area (Å²) >= 11 is 1.94. The molecule has 2 rings (SSSR count). The van der Waals surface area contributed by atoms with Crippen molar-refractivity contribution in [2.24, 2.45) is 5.92 Å². The summed E-state index contributed by atoms with van der Waals surface area (Å²) < 4.78 is 16.2. The first-order chi connectivity index (χ1) is 8.21. The number of hydrogen-bond donors (Lipinski definition) is 1. The van der Waals surface area contributed by atoms with Crippen molar-refractivity contribution in [3.63, 3.8) is 0 Å². The van der Waals surface area contributed by atoms with Gasteiger partial charge in [0.1, 0.15) is 6.10 Å². The summed E-state index contributed by atoms with van der Waals surface area (Å²) in [6.07, 6.45) is 1.83. The highest BCUT2D eigenvalue weighted by Crippen LogP contribution is 2.41. The number of aliphatic hydroxyl groups excluding tert-OH is 1. The predicted molar refractivity (Wildman–Crippen MR) is 67.2 cm³/mol. The van der Waals surface area contributed by atoms with Gasteiger partial charge in [-0.3, -0.25) is 0 Å². The molecule has 2 fully saturated rings. The van der Waals surface area contributed by atoms with E-state index in [0.29, 0.717) is 0 Å². The molecular weight excluding hydrogens is 240 g/mol. The molecule has 0 bridgehead atoms. The van der Waals surface area contributed by atoms with Crippen LogP contribution in [0.2, 0.25) is 0 Å². The number of aliphatic hydroxyl groups is 1. The minimum atomic E-state index is -0.559. The second-order valence-corrected chi connectivity index (χ2v) is 6.02. The number of hydrogen-bond acceptors (Lipinski definition) is 5. The number of methoxy groups -OCH3 is 2. The zero-order valence-corrected chi connectivity index (χ0v) is 11.4. The van der Waals surface area contributed by atoms with Crippen molar-refractivity contribution in [3.05, 3.63) is 0 Å². The second kappa shape index (κ2) is 5.89. The summed E-state index contributed by atoms with van der Waals surface area (Å²) in [4.78, 5) is 0. The number of thioether (sulfide) groups is 1. The van der Waals surface area contributed by atoms with Crippen molar-refractivity contribution in [1.29, 1.82) is 0 Å². The first-order valence-electron chi connectivity index (χ1n) is 6.16. The van der Waals surface area contributed by atoms with Crippen LogP contribution in [0.5, 0.6) is 0 Å². The van der Waals surface area contributed by atoms with Crippen molar-refractivity contribution < 1.29 is 19.3 Å². The van der Waals surface area contributed by atoms with E-state index in [9.17, 15) is 5.11 Å². The van der Waals surface area contributed by atoms with E-state index >= 15 is 0 Å². The van der Waals surface area contributed by atoms with Gasteiger partial charge in [-0.05, 0) is 30.9 Å². The molecule has 3 atom stereocenters. The fourth-order valence-corrected chi connectivity index (χ4v) is 4.20. The molecule has 2 aliphatic rings. The Bertz CT molecular complexity index is 239. The first kappa shape index (κ1) is 13.6. The van der Waals surface area contributed by atoms with Gasteiger partial charge in [-0.1, -0.05) is 0 Å². The highest BCUT2D eigenvalue weighted by atomic mass is 32.2. The maximum atomic E-state index is 10.3. The Labute approximate surface area is 107 Å². The summed E-state index contributed by atoms with van der Waals surface area (Å²) in [5.41, 5.74) is 0.000591. The Morgan fingerprint density at radius 2 is 2.18 bits per heavy atom. The molecule has 4 nitrogen and oxygen atoms in total. The molecule has 0 aromatic rings. The Balaban J connectivity index is 1.96. The van der Waals surface area contributed by atoms with Crippen LogP contribution in [0.4, 0.5) is 0 Å². The summed E-state index contributed by atoms with van der Waals surface area (Å²) in [5, 5.41) is 10.3. The molecule has 3 unspecified atom stereocenters. The van der Waals surface area contributed by atoms with E-state index < -0.39 is 12.4 Å². The standard InChI is InChI=1S/C12H22O4S/c1-14-11(15-2)10(13)9-3-5-16-12(7-9)4-6-17-8-12/h9-11,13H,3-8H2,1-2H3. The van der Waals surface area contributed by atoms with Gasteiger partial charge in [0.2, 0.25) is 0 Å². The Morgan fingerprint density at radius 1 is 1.41 bits per heavy atom. The van der Waals surface area contributed by atoms with Crippen molar-refractivity contribution in [2.75, 3.05) is 32.3 Å². The average Bonchev–Trinajstić information content (AvgIpc) is 2.78. The minimum Gasteiger partial charge on any atom is -0.388 e. The van der Waals surface area contributed by atoms with Crippen LogP contribution in [0.3, 0.4) is 0 Å². The maximum absolute atomic E-state index is 10.3. The van der Waals surface area contributed by atoms with E-state index in [0.717, 1.165) is 31.6 Å². The van der Waals surface area contributed by atoms with Gasteiger partial charge in [0.15, 0.2) is 6.29 Å². The van der Waals surface area contributed by atoms with Crippen LogP contribution in [0.1, 0.15) is 19.3 Å². The van der Waals surface area contributed by atoms with Gasteiger partial charge in [0, 0.05) is 26.6 Å². The lowest BCUT2D eigenvalue weighted by atomic mass is 9.82. The van der Waals surface area contributed by atoms with Crippen molar-refractivity contribution in [3.8, 4) is 0 Å². The van der Waals surface area contributed by atoms with Crippen LogP contribution in [-0.2, 0) is 14.2 Å². The predicted octanol–water partition coefficient (Wildman–Crippen LogP) is 1.27. The quantitative estimate of drug-likeness (QED) is 0.773. The van der Waals surface area contributed by atoms with Gasteiger partial charge in [-0.2, -0.15) is 11.8 Å². The first-order valence-corrected chi connectivity index (χ1v) is 7.31. The highest BCUT2D eigenvalue weighted by molar-refractivity contribution is 7.99. The highest BCUT2D eigenvalue weighted by Gasteiger charge is 2.43. The van der Waals surface area contributed by atoms with E-state index in [4.69, 9.17) is 14.2 Å². The smallest absolute Gasteiger partial charge is 0.182 e. The molecule has 1 spiro atoms. The molecule has 0 amide bonds. The van der Waals surface area contributed by atoms with Crippen molar-refractivity contribution in [1.82, 2.24) is 0 Å². The number of ether oxygens (including phenoxy) is 3. The third-order valence-electron chi connectivity index (χ3n) is 3.82. The summed E-state index contributed by atoms with van der Waals surface area (Å²) in [7, 11) is 3.13. The summed E-state index contributed by atoms with van der Waals surface area (Å²) in [5.74, 6) is 2.44. The van der Waals surface area contributed by atoms with Crippen LogP contribution >= 0.6 is 11.8 Å². The lowest BCUT2D eigenvalue weighted by Gasteiger charge is -2.40.